The summed E-state index contributed by atoms with van der Waals surface area (Å²) in [5, 5.41) is 0. The van der Waals surface area contributed by atoms with Gasteiger partial charge in [0.05, 0.1) is 7.11 Å². The smallest absolute Gasteiger partial charge is 0.122 e. The maximum atomic E-state index is 5.18. The van der Waals surface area contributed by atoms with Crippen LogP contribution in [0.25, 0.3) is 0 Å². The van der Waals surface area contributed by atoms with Gasteiger partial charge < -0.3 is 4.74 Å². The van der Waals surface area contributed by atoms with Gasteiger partial charge in [-0.1, -0.05) is 18.2 Å². The summed E-state index contributed by atoms with van der Waals surface area (Å²) in [6, 6.07) is 8.11. The van der Waals surface area contributed by atoms with E-state index >= 15 is 0 Å². The van der Waals surface area contributed by atoms with Crippen molar-refractivity contribution in [2.45, 2.75) is 5.75 Å². The second-order valence-electron chi connectivity index (χ2n) is 2.24. The number of hydrogen-bond acceptors (Lipinski definition) is 2. The lowest BCUT2D eigenvalue weighted by molar-refractivity contribution is 0.411. The van der Waals surface area contributed by atoms with Gasteiger partial charge in [0.25, 0.3) is 0 Å². The molecule has 0 saturated carbocycles. The lowest BCUT2D eigenvalue weighted by Crippen LogP contribution is -1.88. The molecule has 0 aliphatic carbocycles. The first-order chi connectivity index (χ1) is 5.38. The first-order valence-electron chi connectivity index (χ1n) is 3.49. The Morgan fingerprint density at radius 2 is 2.09 bits per heavy atom. The Morgan fingerprint density at radius 3 is 2.73 bits per heavy atom. The van der Waals surface area contributed by atoms with Crippen molar-refractivity contribution in [2.24, 2.45) is 0 Å². The van der Waals surface area contributed by atoms with Crippen LogP contribution in [-0.2, 0) is 5.75 Å². The van der Waals surface area contributed by atoms with Crippen LogP contribution >= 0.6 is 11.8 Å². The van der Waals surface area contributed by atoms with Crippen molar-refractivity contribution < 1.29 is 4.74 Å². The highest BCUT2D eigenvalue weighted by Gasteiger charge is 1.98. The SMILES string of the molecule is COc1ccccc1CSC. The van der Waals surface area contributed by atoms with Crippen molar-refractivity contribution in [3.05, 3.63) is 29.8 Å². The molecule has 0 fully saturated rings. The number of ether oxygens (including phenoxy) is 1. The number of benzene rings is 1. The van der Waals surface area contributed by atoms with Crippen molar-refractivity contribution in [1.29, 1.82) is 0 Å². The van der Waals surface area contributed by atoms with Crippen molar-refractivity contribution >= 4 is 11.8 Å². The monoisotopic (exact) mass is 168 g/mol. The molecule has 11 heavy (non-hydrogen) atoms. The molecule has 0 amide bonds. The zero-order valence-corrected chi connectivity index (χ0v) is 7.65. The molecule has 0 saturated heterocycles. The molecule has 0 aliphatic heterocycles. The van der Waals surface area contributed by atoms with Crippen molar-refractivity contribution in [3.8, 4) is 5.75 Å². The van der Waals surface area contributed by atoms with E-state index in [0.29, 0.717) is 0 Å². The lowest BCUT2D eigenvalue weighted by atomic mass is 10.2. The summed E-state index contributed by atoms with van der Waals surface area (Å²) in [5.41, 5.74) is 1.27. The van der Waals surface area contributed by atoms with Crippen LogP contribution in [0.2, 0.25) is 0 Å². The van der Waals surface area contributed by atoms with Crippen molar-refractivity contribution in [3.63, 3.8) is 0 Å². The standard InChI is InChI=1S/C9H12OS/c1-10-9-6-4-3-5-8(9)7-11-2/h3-6H,7H2,1-2H3. The van der Waals surface area contributed by atoms with Gasteiger partial charge in [-0.3, -0.25) is 0 Å². The Hall–Kier alpha value is -0.630. The predicted octanol–water partition coefficient (Wildman–Crippen LogP) is 2.56. The molecule has 0 bridgehead atoms. The average Bonchev–Trinajstić information content (AvgIpc) is 2.06. The van der Waals surface area contributed by atoms with Crippen LogP contribution in [0.4, 0.5) is 0 Å². The fourth-order valence-corrected chi connectivity index (χ4v) is 1.53. The molecule has 2 heteroatoms. The van der Waals surface area contributed by atoms with Gasteiger partial charge in [0.2, 0.25) is 0 Å². The van der Waals surface area contributed by atoms with Gasteiger partial charge in [0.1, 0.15) is 5.75 Å². The highest BCUT2D eigenvalue weighted by molar-refractivity contribution is 7.97. The minimum Gasteiger partial charge on any atom is -0.496 e. The minimum atomic E-state index is 0.988. The van der Waals surface area contributed by atoms with Crippen LogP contribution < -0.4 is 4.74 Å². The third-order valence-electron chi connectivity index (χ3n) is 1.49. The summed E-state index contributed by atoms with van der Waals surface area (Å²) in [6.07, 6.45) is 2.09. The Kier molecular flexibility index (Phi) is 3.30. The molecule has 60 valence electrons. The second kappa shape index (κ2) is 4.29. The zero-order chi connectivity index (χ0) is 8.10. The molecule has 0 heterocycles. The highest BCUT2D eigenvalue weighted by Crippen LogP contribution is 2.20. The fraction of sp³-hybridized carbons (Fsp3) is 0.333. The first-order valence-corrected chi connectivity index (χ1v) is 4.88. The average molecular weight is 168 g/mol. The second-order valence-corrected chi connectivity index (χ2v) is 3.11. The molecule has 1 aromatic rings. The number of para-hydroxylation sites is 1. The fourth-order valence-electron chi connectivity index (χ4n) is 0.978. The Morgan fingerprint density at radius 1 is 1.36 bits per heavy atom. The molecular formula is C9H12OS. The van der Waals surface area contributed by atoms with Gasteiger partial charge >= 0.3 is 0 Å². The van der Waals surface area contributed by atoms with Crippen LogP contribution in [0.1, 0.15) is 5.56 Å². The molecular weight excluding hydrogens is 156 g/mol. The van der Waals surface area contributed by atoms with E-state index in [-0.39, 0.29) is 0 Å². The Balaban J connectivity index is 2.83. The van der Waals surface area contributed by atoms with E-state index in [1.54, 1.807) is 18.9 Å². The van der Waals surface area contributed by atoms with Gasteiger partial charge in [-0.2, -0.15) is 11.8 Å². The molecule has 0 unspecified atom stereocenters. The summed E-state index contributed by atoms with van der Waals surface area (Å²) in [4.78, 5) is 0. The summed E-state index contributed by atoms with van der Waals surface area (Å²) in [6.45, 7) is 0. The van der Waals surface area contributed by atoms with E-state index in [9.17, 15) is 0 Å². The van der Waals surface area contributed by atoms with Crippen LogP contribution in [0.15, 0.2) is 24.3 Å². The van der Waals surface area contributed by atoms with Crippen molar-refractivity contribution in [1.82, 2.24) is 0 Å². The van der Waals surface area contributed by atoms with Crippen LogP contribution in [0.3, 0.4) is 0 Å². The number of methoxy groups -OCH3 is 1. The third kappa shape index (κ3) is 2.15. The minimum absolute atomic E-state index is 0.988. The summed E-state index contributed by atoms with van der Waals surface area (Å²) < 4.78 is 5.18. The Labute approximate surface area is 71.8 Å². The molecule has 1 rings (SSSR count). The quantitative estimate of drug-likeness (QED) is 0.686. The molecule has 0 aromatic heterocycles. The van der Waals surface area contributed by atoms with Crippen LogP contribution in [0.5, 0.6) is 5.75 Å². The lowest BCUT2D eigenvalue weighted by Gasteiger charge is -2.05. The van der Waals surface area contributed by atoms with Crippen LogP contribution in [0, 0.1) is 0 Å². The van der Waals surface area contributed by atoms with E-state index in [1.165, 1.54) is 5.56 Å². The molecule has 1 aromatic carbocycles. The largest absolute Gasteiger partial charge is 0.496 e. The van der Waals surface area contributed by atoms with E-state index in [1.807, 2.05) is 18.2 Å². The predicted molar refractivity (Wildman–Crippen MR) is 50.2 cm³/mol. The first kappa shape index (κ1) is 8.47. The van der Waals surface area contributed by atoms with Gasteiger partial charge in [-0.05, 0) is 12.3 Å². The van der Waals surface area contributed by atoms with E-state index in [4.69, 9.17) is 4.74 Å². The number of rotatable bonds is 3. The summed E-state index contributed by atoms with van der Waals surface area (Å²) in [5.74, 6) is 2.01. The van der Waals surface area contributed by atoms with Gasteiger partial charge in [-0.25, -0.2) is 0 Å². The van der Waals surface area contributed by atoms with Crippen LogP contribution in [-0.4, -0.2) is 13.4 Å². The molecule has 0 spiro atoms. The summed E-state index contributed by atoms with van der Waals surface area (Å²) in [7, 11) is 1.71. The van der Waals surface area contributed by atoms with Crippen molar-refractivity contribution in [2.75, 3.05) is 13.4 Å². The highest BCUT2D eigenvalue weighted by atomic mass is 32.2. The molecule has 1 nitrogen and oxygen atoms in total. The number of thioether (sulfide) groups is 1. The maximum Gasteiger partial charge on any atom is 0.122 e. The van der Waals surface area contributed by atoms with E-state index in [2.05, 4.69) is 12.3 Å². The molecule has 0 N–H and O–H groups in total. The molecule has 0 radical (unpaired) electrons. The summed E-state index contributed by atoms with van der Waals surface area (Å²) >= 11 is 1.80. The number of hydrogen-bond donors (Lipinski definition) is 0. The van der Waals surface area contributed by atoms with Gasteiger partial charge in [0, 0.05) is 11.3 Å². The normalized spacial score (nSPS) is 9.64. The molecule has 0 aliphatic rings. The van der Waals surface area contributed by atoms with Gasteiger partial charge in [0.15, 0.2) is 0 Å². The van der Waals surface area contributed by atoms with E-state index < -0.39 is 0 Å². The third-order valence-corrected chi connectivity index (χ3v) is 2.09. The van der Waals surface area contributed by atoms with E-state index in [0.717, 1.165) is 11.5 Å². The topological polar surface area (TPSA) is 9.23 Å². The maximum absolute atomic E-state index is 5.18. The Bertz CT molecular complexity index is 223. The zero-order valence-electron chi connectivity index (χ0n) is 6.83. The molecule has 0 atom stereocenters. The van der Waals surface area contributed by atoms with Gasteiger partial charge in [-0.15, -0.1) is 0 Å².